The molecule has 0 fully saturated rings. The summed E-state index contributed by atoms with van der Waals surface area (Å²) in [7, 11) is 0. The highest BCUT2D eigenvalue weighted by atomic mass is 35.5. The Morgan fingerprint density at radius 2 is 2.00 bits per heavy atom. The van der Waals surface area contributed by atoms with Crippen molar-refractivity contribution in [1.29, 1.82) is 0 Å². The van der Waals surface area contributed by atoms with Crippen LogP contribution in [0.5, 0.6) is 0 Å². The first kappa shape index (κ1) is 11.3. The molecule has 0 saturated carbocycles. The molecule has 0 bridgehead atoms. The van der Waals surface area contributed by atoms with Crippen molar-refractivity contribution >= 4 is 17.3 Å². The van der Waals surface area contributed by atoms with Gasteiger partial charge in [-0.05, 0) is 30.7 Å². The van der Waals surface area contributed by atoms with Crippen molar-refractivity contribution in [1.82, 2.24) is 0 Å². The van der Waals surface area contributed by atoms with Crippen LogP contribution in [0.1, 0.15) is 5.56 Å². The molecule has 3 nitrogen and oxygen atoms in total. The van der Waals surface area contributed by atoms with Gasteiger partial charge in [-0.25, -0.2) is 0 Å². The monoisotopic (exact) mass is 215 g/mol. The van der Waals surface area contributed by atoms with Gasteiger partial charge in [-0.2, -0.15) is 0 Å². The smallest absolute Gasteiger partial charge is 0.0723 e. The van der Waals surface area contributed by atoms with E-state index in [0.29, 0.717) is 5.02 Å². The van der Waals surface area contributed by atoms with Gasteiger partial charge in [0.2, 0.25) is 0 Å². The number of benzene rings is 1. The van der Waals surface area contributed by atoms with E-state index in [1.807, 2.05) is 19.1 Å². The fourth-order valence-electron chi connectivity index (χ4n) is 1.16. The zero-order valence-electron chi connectivity index (χ0n) is 8.00. The summed E-state index contributed by atoms with van der Waals surface area (Å²) in [6.07, 6.45) is 0. The van der Waals surface area contributed by atoms with Gasteiger partial charge in [0.1, 0.15) is 0 Å². The number of aryl methyl sites for hydroxylation is 1. The van der Waals surface area contributed by atoms with E-state index in [-0.39, 0.29) is 19.3 Å². The largest absolute Gasteiger partial charge is 0.394 e. The van der Waals surface area contributed by atoms with Gasteiger partial charge in [0, 0.05) is 10.7 Å². The van der Waals surface area contributed by atoms with Crippen LogP contribution >= 0.6 is 11.6 Å². The Bertz CT molecular complexity index is 300. The summed E-state index contributed by atoms with van der Waals surface area (Å²) < 4.78 is 0. The SMILES string of the molecule is Cc1cc(Cl)ccc1NC(CO)CO. The number of hydrogen-bond acceptors (Lipinski definition) is 3. The summed E-state index contributed by atoms with van der Waals surface area (Å²) in [5.41, 5.74) is 1.87. The van der Waals surface area contributed by atoms with E-state index < -0.39 is 0 Å². The molecule has 0 saturated heterocycles. The van der Waals surface area contributed by atoms with Crippen LogP contribution in [0.2, 0.25) is 5.02 Å². The van der Waals surface area contributed by atoms with Crippen molar-refractivity contribution in [2.45, 2.75) is 13.0 Å². The molecule has 0 amide bonds. The lowest BCUT2D eigenvalue weighted by molar-refractivity contribution is 0.204. The molecule has 0 unspecified atom stereocenters. The Labute approximate surface area is 88.3 Å². The summed E-state index contributed by atoms with van der Waals surface area (Å²) in [5, 5.41) is 21.5. The first-order valence-corrected chi connectivity index (χ1v) is 4.79. The normalized spacial score (nSPS) is 10.6. The maximum Gasteiger partial charge on any atom is 0.0723 e. The Kier molecular flexibility index (Phi) is 4.20. The summed E-state index contributed by atoms with van der Waals surface area (Å²) in [5.74, 6) is 0. The van der Waals surface area contributed by atoms with Gasteiger partial charge in [-0.15, -0.1) is 0 Å². The molecule has 4 heteroatoms. The Morgan fingerprint density at radius 1 is 1.36 bits per heavy atom. The standard InChI is InChI=1S/C10H14ClNO2/c1-7-4-8(11)2-3-10(7)12-9(5-13)6-14/h2-4,9,12-14H,5-6H2,1H3. The van der Waals surface area contributed by atoms with Crippen molar-refractivity contribution in [3.05, 3.63) is 28.8 Å². The maximum atomic E-state index is 8.88. The molecule has 0 heterocycles. The van der Waals surface area contributed by atoms with Crippen LogP contribution in [0.15, 0.2) is 18.2 Å². The van der Waals surface area contributed by atoms with Crippen LogP contribution in [-0.2, 0) is 0 Å². The van der Waals surface area contributed by atoms with Crippen molar-refractivity contribution in [2.75, 3.05) is 18.5 Å². The van der Waals surface area contributed by atoms with Crippen molar-refractivity contribution < 1.29 is 10.2 Å². The number of hydrogen-bond donors (Lipinski definition) is 3. The van der Waals surface area contributed by atoms with E-state index in [9.17, 15) is 0 Å². The summed E-state index contributed by atoms with van der Waals surface area (Å²) in [4.78, 5) is 0. The lowest BCUT2D eigenvalue weighted by Crippen LogP contribution is -2.27. The predicted octanol–water partition coefficient (Wildman–Crippen LogP) is 1.41. The third kappa shape index (κ3) is 2.87. The fraction of sp³-hybridized carbons (Fsp3) is 0.400. The molecule has 0 aliphatic carbocycles. The van der Waals surface area contributed by atoms with Crippen LogP contribution in [0.3, 0.4) is 0 Å². The minimum atomic E-state index is -0.324. The molecule has 0 aliphatic rings. The van der Waals surface area contributed by atoms with E-state index in [1.165, 1.54) is 0 Å². The third-order valence-corrected chi connectivity index (χ3v) is 2.22. The average Bonchev–Trinajstić information content (AvgIpc) is 2.17. The number of anilines is 1. The maximum absolute atomic E-state index is 8.88. The quantitative estimate of drug-likeness (QED) is 0.712. The Hall–Kier alpha value is -0.770. The third-order valence-electron chi connectivity index (χ3n) is 1.99. The average molecular weight is 216 g/mol. The molecule has 0 aliphatic heterocycles. The van der Waals surface area contributed by atoms with Gasteiger partial charge in [-0.3, -0.25) is 0 Å². The lowest BCUT2D eigenvalue weighted by atomic mass is 10.2. The van der Waals surface area contributed by atoms with E-state index in [0.717, 1.165) is 11.3 Å². The number of rotatable bonds is 4. The fourth-order valence-corrected chi connectivity index (χ4v) is 1.38. The van der Waals surface area contributed by atoms with Crippen LogP contribution < -0.4 is 5.32 Å². The second-order valence-electron chi connectivity index (χ2n) is 3.17. The van der Waals surface area contributed by atoms with Crippen LogP contribution in [-0.4, -0.2) is 29.5 Å². The lowest BCUT2D eigenvalue weighted by Gasteiger charge is -2.16. The molecular formula is C10H14ClNO2. The highest BCUT2D eigenvalue weighted by Gasteiger charge is 2.06. The molecule has 78 valence electrons. The molecule has 1 aromatic rings. The van der Waals surface area contributed by atoms with Crippen LogP contribution in [0.4, 0.5) is 5.69 Å². The highest BCUT2D eigenvalue weighted by Crippen LogP contribution is 2.20. The van der Waals surface area contributed by atoms with Gasteiger partial charge in [-0.1, -0.05) is 11.6 Å². The molecule has 0 aromatic heterocycles. The number of aliphatic hydroxyl groups excluding tert-OH is 2. The molecule has 0 atom stereocenters. The Morgan fingerprint density at radius 3 is 2.50 bits per heavy atom. The summed E-state index contributed by atoms with van der Waals surface area (Å²) in [6.45, 7) is 1.72. The summed E-state index contributed by atoms with van der Waals surface area (Å²) >= 11 is 5.79. The van der Waals surface area contributed by atoms with E-state index in [2.05, 4.69) is 5.32 Å². The van der Waals surface area contributed by atoms with E-state index >= 15 is 0 Å². The number of nitrogens with one attached hydrogen (secondary N) is 1. The molecular weight excluding hydrogens is 202 g/mol. The molecule has 3 N–H and O–H groups in total. The first-order chi connectivity index (χ1) is 6.67. The van der Waals surface area contributed by atoms with Crippen molar-refractivity contribution in [2.24, 2.45) is 0 Å². The summed E-state index contributed by atoms with van der Waals surface area (Å²) in [6, 6.07) is 5.10. The van der Waals surface area contributed by atoms with E-state index in [4.69, 9.17) is 21.8 Å². The minimum absolute atomic E-state index is 0.0986. The first-order valence-electron chi connectivity index (χ1n) is 4.41. The van der Waals surface area contributed by atoms with Gasteiger partial charge < -0.3 is 15.5 Å². The zero-order chi connectivity index (χ0) is 10.6. The number of aliphatic hydroxyl groups is 2. The molecule has 1 rings (SSSR count). The second-order valence-corrected chi connectivity index (χ2v) is 3.60. The zero-order valence-corrected chi connectivity index (χ0v) is 8.75. The Balaban J connectivity index is 2.76. The molecule has 0 radical (unpaired) electrons. The molecule has 14 heavy (non-hydrogen) atoms. The van der Waals surface area contributed by atoms with Crippen LogP contribution in [0, 0.1) is 6.92 Å². The van der Waals surface area contributed by atoms with Crippen molar-refractivity contribution in [3.63, 3.8) is 0 Å². The molecule has 1 aromatic carbocycles. The van der Waals surface area contributed by atoms with E-state index in [1.54, 1.807) is 6.07 Å². The van der Waals surface area contributed by atoms with Gasteiger partial charge in [0.15, 0.2) is 0 Å². The predicted molar refractivity (Wildman–Crippen MR) is 57.8 cm³/mol. The van der Waals surface area contributed by atoms with Gasteiger partial charge in [0.25, 0.3) is 0 Å². The second kappa shape index (κ2) is 5.20. The minimum Gasteiger partial charge on any atom is -0.394 e. The van der Waals surface area contributed by atoms with Crippen molar-refractivity contribution in [3.8, 4) is 0 Å². The number of halogens is 1. The van der Waals surface area contributed by atoms with Gasteiger partial charge in [0.05, 0.1) is 19.3 Å². The van der Waals surface area contributed by atoms with Gasteiger partial charge >= 0.3 is 0 Å². The topological polar surface area (TPSA) is 52.5 Å². The highest BCUT2D eigenvalue weighted by molar-refractivity contribution is 6.30. The molecule has 0 spiro atoms. The van der Waals surface area contributed by atoms with Crippen LogP contribution in [0.25, 0.3) is 0 Å².